The first kappa shape index (κ1) is 13.9. The molecular weight excluding hydrogens is 200 g/mol. The second-order valence-electron chi connectivity index (χ2n) is 5.14. The molecule has 3 heteroatoms. The van der Waals surface area contributed by atoms with Gasteiger partial charge in [0, 0.05) is 12.6 Å². The van der Waals surface area contributed by atoms with Crippen LogP contribution in [0.2, 0.25) is 0 Å². The molecule has 3 nitrogen and oxygen atoms in total. The van der Waals surface area contributed by atoms with Crippen LogP contribution in [0.3, 0.4) is 0 Å². The molecule has 0 saturated heterocycles. The maximum Gasteiger partial charge on any atom is 0.0585 e. The molecule has 0 aromatic heterocycles. The van der Waals surface area contributed by atoms with Gasteiger partial charge >= 0.3 is 0 Å². The average molecular weight is 228 g/mol. The van der Waals surface area contributed by atoms with Crippen molar-refractivity contribution < 1.29 is 5.11 Å². The summed E-state index contributed by atoms with van der Waals surface area (Å²) >= 11 is 0. The number of nitrogens with one attached hydrogen (secondary N) is 1. The van der Waals surface area contributed by atoms with E-state index in [1.54, 1.807) is 0 Å². The van der Waals surface area contributed by atoms with Crippen molar-refractivity contribution in [1.29, 1.82) is 0 Å². The SMILES string of the molecule is CCNC(CO)CCN(C)CC1CCCC1. The van der Waals surface area contributed by atoms with Crippen molar-refractivity contribution in [3.8, 4) is 0 Å². The highest BCUT2D eigenvalue weighted by Crippen LogP contribution is 2.25. The predicted molar refractivity (Wildman–Crippen MR) is 68.6 cm³/mol. The average Bonchev–Trinajstić information content (AvgIpc) is 2.76. The summed E-state index contributed by atoms with van der Waals surface area (Å²) in [6.45, 7) is 5.62. The van der Waals surface area contributed by atoms with E-state index in [2.05, 4.69) is 24.2 Å². The third-order valence-corrected chi connectivity index (χ3v) is 3.62. The van der Waals surface area contributed by atoms with Gasteiger partial charge in [0.25, 0.3) is 0 Å². The second kappa shape index (κ2) is 8.04. The van der Waals surface area contributed by atoms with E-state index in [1.807, 2.05) is 0 Å². The molecular formula is C13H28N2O. The van der Waals surface area contributed by atoms with Crippen LogP contribution in [0.25, 0.3) is 0 Å². The third-order valence-electron chi connectivity index (χ3n) is 3.62. The van der Waals surface area contributed by atoms with Crippen molar-refractivity contribution in [2.24, 2.45) is 5.92 Å². The van der Waals surface area contributed by atoms with Crippen LogP contribution in [0.1, 0.15) is 39.0 Å². The van der Waals surface area contributed by atoms with Gasteiger partial charge in [-0.3, -0.25) is 0 Å². The zero-order valence-corrected chi connectivity index (χ0v) is 10.9. The van der Waals surface area contributed by atoms with E-state index in [0.717, 1.165) is 25.4 Å². The fourth-order valence-corrected chi connectivity index (χ4v) is 2.65. The maximum atomic E-state index is 9.17. The van der Waals surface area contributed by atoms with Gasteiger partial charge in [-0.15, -0.1) is 0 Å². The molecule has 16 heavy (non-hydrogen) atoms. The van der Waals surface area contributed by atoms with Crippen LogP contribution in [0.4, 0.5) is 0 Å². The van der Waals surface area contributed by atoms with Crippen LogP contribution in [-0.4, -0.2) is 49.3 Å². The molecule has 0 aromatic rings. The van der Waals surface area contributed by atoms with E-state index in [-0.39, 0.29) is 12.6 Å². The fraction of sp³-hybridized carbons (Fsp3) is 1.00. The molecule has 0 spiro atoms. The van der Waals surface area contributed by atoms with Crippen molar-refractivity contribution in [3.63, 3.8) is 0 Å². The smallest absolute Gasteiger partial charge is 0.0585 e. The monoisotopic (exact) mass is 228 g/mol. The van der Waals surface area contributed by atoms with E-state index < -0.39 is 0 Å². The number of hydrogen-bond acceptors (Lipinski definition) is 3. The molecule has 1 fully saturated rings. The van der Waals surface area contributed by atoms with Crippen molar-refractivity contribution >= 4 is 0 Å². The predicted octanol–water partition coefficient (Wildman–Crippen LogP) is 1.47. The van der Waals surface area contributed by atoms with Crippen LogP contribution < -0.4 is 5.32 Å². The quantitative estimate of drug-likeness (QED) is 0.660. The van der Waals surface area contributed by atoms with Crippen molar-refractivity contribution in [1.82, 2.24) is 10.2 Å². The largest absolute Gasteiger partial charge is 0.395 e. The van der Waals surface area contributed by atoms with Crippen LogP contribution >= 0.6 is 0 Å². The van der Waals surface area contributed by atoms with Gasteiger partial charge in [0.05, 0.1) is 6.61 Å². The van der Waals surface area contributed by atoms with Gasteiger partial charge in [-0.25, -0.2) is 0 Å². The van der Waals surface area contributed by atoms with Crippen molar-refractivity contribution in [2.45, 2.75) is 45.1 Å². The molecule has 1 unspecified atom stereocenters. The first-order valence-electron chi connectivity index (χ1n) is 6.79. The lowest BCUT2D eigenvalue weighted by atomic mass is 10.1. The summed E-state index contributed by atoms with van der Waals surface area (Å²) in [7, 11) is 2.21. The molecule has 1 aliphatic rings. The fourth-order valence-electron chi connectivity index (χ4n) is 2.65. The van der Waals surface area contributed by atoms with Gasteiger partial charge in [0.2, 0.25) is 0 Å². The number of hydrogen-bond donors (Lipinski definition) is 2. The lowest BCUT2D eigenvalue weighted by Gasteiger charge is -2.23. The number of aliphatic hydroxyl groups excluding tert-OH is 1. The van der Waals surface area contributed by atoms with Crippen molar-refractivity contribution in [2.75, 3.05) is 33.3 Å². The highest BCUT2D eigenvalue weighted by molar-refractivity contribution is 4.72. The first-order valence-corrected chi connectivity index (χ1v) is 6.79. The van der Waals surface area contributed by atoms with Crippen LogP contribution in [0.5, 0.6) is 0 Å². The highest BCUT2D eigenvalue weighted by Gasteiger charge is 2.17. The summed E-state index contributed by atoms with van der Waals surface area (Å²) < 4.78 is 0. The molecule has 1 aliphatic carbocycles. The van der Waals surface area contributed by atoms with Crippen LogP contribution in [-0.2, 0) is 0 Å². The standard InChI is InChI=1S/C13H28N2O/c1-3-14-13(11-16)8-9-15(2)10-12-6-4-5-7-12/h12-14,16H,3-11H2,1-2H3. The number of rotatable bonds is 8. The summed E-state index contributed by atoms with van der Waals surface area (Å²) in [5.74, 6) is 0.928. The summed E-state index contributed by atoms with van der Waals surface area (Å²) in [4.78, 5) is 2.43. The Bertz CT molecular complexity index is 169. The lowest BCUT2D eigenvalue weighted by Crippen LogP contribution is -2.36. The molecule has 0 aromatic carbocycles. The molecule has 0 heterocycles. The van der Waals surface area contributed by atoms with E-state index in [1.165, 1.54) is 32.2 Å². The van der Waals surface area contributed by atoms with Gasteiger partial charge in [-0.2, -0.15) is 0 Å². The Morgan fingerprint density at radius 2 is 2.06 bits per heavy atom. The lowest BCUT2D eigenvalue weighted by molar-refractivity contribution is 0.210. The van der Waals surface area contributed by atoms with E-state index in [4.69, 9.17) is 0 Å². The molecule has 96 valence electrons. The second-order valence-corrected chi connectivity index (χ2v) is 5.14. The number of likely N-dealkylation sites (N-methyl/N-ethyl adjacent to an activating group) is 1. The molecule has 0 radical (unpaired) electrons. The molecule has 1 atom stereocenters. The topological polar surface area (TPSA) is 35.5 Å². The summed E-state index contributed by atoms with van der Waals surface area (Å²) in [5, 5.41) is 12.5. The van der Waals surface area contributed by atoms with E-state index >= 15 is 0 Å². The summed E-state index contributed by atoms with van der Waals surface area (Å²) in [5.41, 5.74) is 0. The molecule has 2 N–H and O–H groups in total. The van der Waals surface area contributed by atoms with E-state index in [9.17, 15) is 5.11 Å². The summed E-state index contributed by atoms with van der Waals surface area (Å²) in [6.07, 6.45) is 6.74. The molecule has 0 aliphatic heterocycles. The minimum absolute atomic E-state index is 0.255. The van der Waals surface area contributed by atoms with Gasteiger partial charge < -0.3 is 15.3 Å². The Morgan fingerprint density at radius 1 is 1.38 bits per heavy atom. The number of aliphatic hydroxyl groups is 1. The zero-order chi connectivity index (χ0) is 11.8. The minimum Gasteiger partial charge on any atom is -0.395 e. The molecule has 1 saturated carbocycles. The van der Waals surface area contributed by atoms with Gasteiger partial charge in [-0.05, 0) is 45.3 Å². The Hall–Kier alpha value is -0.120. The Kier molecular flexibility index (Phi) is 7.01. The maximum absolute atomic E-state index is 9.17. The molecule has 1 rings (SSSR count). The summed E-state index contributed by atoms with van der Waals surface area (Å²) in [6, 6.07) is 0.274. The van der Waals surface area contributed by atoms with Gasteiger partial charge in [0.15, 0.2) is 0 Å². The normalized spacial score (nSPS) is 19.5. The third kappa shape index (κ3) is 5.28. The molecule has 0 bridgehead atoms. The highest BCUT2D eigenvalue weighted by atomic mass is 16.3. The van der Waals surface area contributed by atoms with Crippen molar-refractivity contribution in [3.05, 3.63) is 0 Å². The van der Waals surface area contributed by atoms with E-state index in [0.29, 0.717) is 0 Å². The Balaban J connectivity index is 2.10. The number of nitrogens with zero attached hydrogens (tertiary/aromatic N) is 1. The Labute approximate surface area is 100 Å². The Morgan fingerprint density at radius 3 is 2.62 bits per heavy atom. The van der Waals surface area contributed by atoms with Gasteiger partial charge in [0.1, 0.15) is 0 Å². The first-order chi connectivity index (χ1) is 7.76. The van der Waals surface area contributed by atoms with Crippen LogP contribution in [0, 0.1) is 5.92 Å². The van der Waals surface area contributed by atoms with Crippen LogP contribution in [0.15, 0.2) is 0 Å². The minimum atomic E-state index is 0.255. The molecule has 0 amide bonds. The van der Waals surface area contributed by atoms with Gasteiger partial charge in [-0.1, -0.05) is 19.8 Å². The zero-order valence-electron chi connectivity index (χ0n) is 10.9.